The molecule has 0 saturated heterocycles. The van der Waals surface area contributed by atoms with Gasteiger partial charge < -0.3 is 10.3 Å². The predicted octanol–water partition coefficient (Wildman–Crippen LogP) is 2.72. The van der Waals surface area contributed by atoms with E-state index in [-0.39, 0.29) is 0 Å². The number of benzene rings is 1. The molecule has 6 heteroatoms. The SMILES string of the molecule is Cc1ncc(CN)n1Cc1ccc(C(F)(F)F)cc1. The topological polar surface area (TPSA) is 43.8 Å². The van der Waals surface area contributed by atoms with Crippen molar-refractivity contribution in [3.05, 3.63) is 53.1 Å². The molecule has 0 spiro atoms. The van der Waals surface area contributed by atoms with Crippen LogP contribution in [0.15, 0.2) is 30.5 Å². The monoisotopic (exact) mass is 269 g/mol. The molecule has 0 radical (unpaired) electrons. The molecule has 0 saturated carbocycles. The molecule has 1 aromatic heterocycles. The number of aromatic nitrogens is 2. The molecule has 2 aromatic rings. The van der Waals surface area contributed by atoms with Crippen LogP contribution in [0.4, 0.5) is 13.2 Å². The molecule has 3 nitrogen and oxygen atoms in total. The minimum Gasteiger partial charge on any atom is -0.327 e. The maximum absolute atomic E-state index is 12.4. The number of aryl methyl sites for hydroxylation is 1. The summed E-state index contributed by atoms with van der Waals surface area (Å²) in [5.74, 6) is 0.792. The van der Waals surface area contributed by atoms with E-state index in [1.54, 1.807) is 6.20 Å². The summed E-state index contributed by atoms with van der Waals surface area (Å²) in [5.41, 5.74) is 6.59. The maximum Gasteiger partial charge on any atom is 0.416 e. The number of imidazole rings is 1. The molecule has 1 aromatic carbocycles. The van der Waals surface area contributed by atoms with Gasteiger partial charge in [-0.1, -0.05) is 12.1 Å². The van der Waals surface area contributed by atoms with Crippen LogP contribution < -0.4 is 5.73 Å². The van der Waals surface area contributed by atoms with Crippen molar-refractivity contribution in [1.82, 2.24) is 9.55 Å². The summed E-state index contributed by atoms with van der Waals surface area (Å²) in [6, 6.07) is 5.12. The van der Waals surface area contributed by atoms with Crippen LogP contribution in [0.1, 0.15) is 22.6 Å². The number of halogens is 3. The second-order valence-electron chi connectivity index (χ2n) is 4.28. The van der Waals surface area contributed by atoms with Crippen molar-refractivity contribution in [2.75, 3.05) is 0 Å². The molecule has 1 heterocycles. The molecule has 2 N–H and O–H groups in total. The second kappa shape index (κ2) is 5.05. The van der Waals surface area contributed by atoms with E-state index in [1.165, 1.54) is 12.1 Å². The standard InChI is InChI=1S/C13H14F3N3/c1-9-18-7-12(6-17)19(9)8-10-2-4-11(5-3-10)13(14,15)16/h2-5,7H,6,8,17H2,1H3. The summed E-state index contributed by atoms with van der Waals surface area (Å²) < 4.78 is 39.2. The lowest BCUT2D eigenvalue weighted by Crippen LogP contribution is -2.10. The van der Waals surface area contributed by atoms with Gasteiger partial charge in [0.1, 0.15) is 5.82 Å². The lowest BCUT2D eigenvalue weighted by Gasteiger charge is -2.11. The van der Waals surface area contributed by atoms with Crippen LogP contribution in [0.3, 0.4) is 0 Å². The molecule has 102 valence electrons. The zero-order valence-electron chi connectivity index (χ0n) is 10.4. The summed E-state index contributed by atoms with van der Waals surface area (Å²) in [5, 5.41) is 0. The Morgan fingerprint density at radius 3 is 2.37 bits per heavy atom. The van der Waals surface area contributed by atoms with Crippen LogP contribution in [-0.2, 0) is 19.3 Å². The van der Waals surface area contributed by atoms with Crippen LogP contribution in [0, 0.1) is 6.92 Å². The molecule has 0 fully saturated rings. The molecule has 0 unspecified atom stereocenters. The van der Waals surface area contributed by atoms with Crippen molar-refractivity contribution < 1.29 is 13.2 Å². The molecule has 2 rings (SSSR count). The molecule has 0 aliphatic heterocycles. The highest BCUT2D eigenvalue weighted by molar-refractivity contribution is 5.25. The van der Waals surface area contributed by atoms with E-state index in [0.717, 1.165) is 29.2 Å². The van der Waals surface area contributed by atoms with Crippen molar-refractivity contribution in [2.45, 2.75) is 26.2 Å². The van der Waals surface area contributed by atoms with Gasteiger partial charge >= 0.3 is 6.18 Å². The van der Waals surface area contributed by atoms with E-state index in [2.05, 4.69) is 4.98 Å². The Labute approximate surface area is 108 Å². The van der Waals surface area contributed by atoms with E-state index in [0.29, 0.717) is 13.1 Å². The summed E-state index contributed by atoms with van der Waals surface area (Å²) in [4.78, 5) is 4.14. The normalized spacial score (nSPS) is 11.8. The molecule has 0 aliphatic carbocycles. The van der Waals surface area contributed by atoms with Crippen molar-refractivity contribution in [2.24, 2.45) is 5.73 Å². The highest BCUT2D eigenvalue weighted by Crippen LogP contribution is 2.29. The Balaban J connectivity index is 2.22. The van der Waals surface area contributed by atoms with Gasteiger partial charge in [-0.15, -0.1) is 0 Å². The first-order valence-corrected chi connectivity index (χ1v) is 5.79. The minimum absolute atomic E-state index is 0.349. The Kier molecular flexibility index (Phi) is 3.61. The molecule has 0 bridgehead atoms. The molecule has 0 amide bonds. The fourth-order valence-corrected chi connectivity index (χ4v) is 1.88. The first-order valence-electron chi connectivity index (χ1n) is 5.79. The fraction of sp³-hybridized carbons (Fsp3) is 0.308. The predicted molar refractivity (Wildman–Crippen MR) is 65.4 cm³/mol. The summed E-state index contributed by atoms with van der Waals surface area (Å²) in [6.07, 6.45) is -2.62. The van der Waals surface area contributed by atoms with Crippen molar-refractivity contribution in [3.8, 4) is 0 Å². The van der Waals surface area contributed by atoms with Gasteiger partial charge in [-0.3, -0.25) is 0 Å². The van der Waals surface area contributed by atoms with Crippen LogP contribution in [0.5, 0.6) is 0 Å². The van der Waals surface area contributed by atoms with E-state index < -0.39 is 11.7 Å². The maximum atomic E-state index is 12.4. The second-order valence-corrected chi connectivity index (χ2v) is 4.28. The molecular weight excluding hydrogens is 255 g/mol. The van der Waals surface area contributed by atoms with E-state index in [9.17, 15) is 13.2 Å². The van der Waals surface area contributed by atoms with Gasteiger partial charge in [0, 0.05) is 19.3 Å². The average molecular weight is 269 g/mol. The summed E-state index contributed by atoms with van der Waals surface area (Å²) >= 11 is 0. The zero-order valence-corrected chi connectivity index (χ0v) is 10.4. The fourth-order valence-electron chi connectivity index (χ4n) is 1.88. The van der Waals surface area contributed by atoms with Gasteiger partial charge in [0.2, 0.25) is 0 Å². The Bertz CT molecular complexity index is 556. The minimum atomic E-state index is -4.30. The third-order valence-electron chi connectivity index (χ3n) is 2.97. The summed E-state index contributed by atoms with van der Waals surface area (Å²) in [7, 11) is 0. The molecular formula is C13H14F3N3. The van der Waals surface area contributed by atoms with E-state index in [1.807, 2.05) is 11.5 Å². The van der Waals surface area contributed by atoms with Gasteiger partial charge in [0.15, 0.2) is 0 Å². The first kappa shape index (κ1) is 13.6. The van der Waals surface area contributed by atoms with Crippen LogP contribution in [-0.4, -0.2) is 9.55 Å². The number of nitrogens with zero attached hydrogens (tertiary/aromatic N) is 2. The lowest BCUT2D eigenvalue weighted by molar-refractivity contribution is -0.137. The zero-order chi connectivity index (χ0) is 14.0. The summed E-state index contributed by atoms with van der Waals surface area (Å²) in [6.45, 7) is 2.65. The molecule has 0 aliphatic rings. The Morgan fingerprint density at radius 2 is 1.84 bits per heavy atom. The largest absolute Gasteiger partial charge is 0.416 e. The average Bonchev–Trinajstić information content (AvgIpc) is 2.70. The Morgan fingerprint density at radius 1 is 1.21 bits per heavy atom. The van der Waals surface area contributed by atoms with Crippen LogP contribution in [0.2, 0.25) is 0 Å². The first-order chi connectivity index (χ1) is 8.91. The van der Waals surface area contributed by atoms with Crippen molar-refractivity contribution in [3.63, 3.8) is 0 Å². The van der Waals surface area contributed by atoms with Gasteiger partial charge in [0.05, 0.1) is 11.3 Å². The number of hydrogen-bond donors (Lipinski definition) is 1. The molecule has 0 atom stereocenters. The third kappa shape index (κ3) is 2.96. The van der Waals surface area contributed by atoms with Crippen LogP contribution in [0.25, 0.3) is 0 Å². The van der Waals surface area contributed by atoms with E-state index >= 15 is 0 Å². The highest BCUT2D eigenvalue weighted by atomic mass is 19.4. The van der Waals surface area contributed by atoms with Crippen LogP contribution >= 0.6 is 0 Å². The van der Waals surface area contributed by atoms with Gasteiger partial charge in [-0.25, -0.2) is 4.98 Å². The quantitative estimate of drug-likeness (QED) is 0.931. The molecule has 19 heavy (non-hydrogen) atoms. The Hall–Kier alpha value is -1.82. The van der Waals surface area contributed by atoms with Gasteiger partial charge in [-0.2, -0.15) is 13.2 Å². The van der Waals surface area contributed by atoms with Gasteiger partial charge in [-0.05, 0) is 24.6 Å². The number of hydrogen-bond acceptors (Lipinski definition) is 2. The lowest BCUT2D eigenvalue weighted by atomic mass is 10.1. The number of nitrogens with two attached hydrogens (primary N) is 1. The highest BCUT2D eigenvalue weighted by Gasteiger charge is 2.29. The van der Waals surface area contributed by atoms with Crippen molar-refractivity contribution in [1.29, 1.82) is 0 Å². The number of rotatable bonds is 3. The van der Waals surface area contributed by atoms with Gasteiger partial charge in [0.25, 0.3) is 0 Å². The smallest absolute Gasteiger partial charge is 0.327 e. The van der Waals surface area contributed by atoms with E-state index in [4.69, 9.17) is 5.73 Å². The third-order valence-corrected chi connectivity index (χ3v) is 2.97. The van der Waals surface area contributed by atoms with Crippen molar-refractivity contribution >= 4 is 0 Å². The number of alkyl halides is 3.